The normalized spacial score (nSPS) is 11.6. The molecule has 1 atom stereocenters. The molecule has 2 N–H and O–H groups in total. The summed E-state index contributed by atoms with van der Waals surface area (Å²) in [5, 5.41) is 17.0. The van der Waals surface area contributed by atoms with Crippen LogP contribution in [0.5, 0.6) is 0 Å². The second-order valence-electron chi connectivity index (χ2n) is 6.66. The van der Waals surface area contributed by atoms with Gasteiger partial charge in [-0.3, -0.25) is 14.9 Å². The second-order valence-corrected chi connectivity index (χ2v) is 6.66. The Labute approximate surface area is 163 Å². The van der Waals surface area contributed by atoms with E-state index in [4.69, 9.17) is 4.74 Å². The maximum Gasteiger partial charge on any atom is 0.338 e. The Balaban J connectivity index is 2.07. The molecule has 0 bridgehead atoms. The van der Waals surface area contributed by atoms with E-state index in [-0.39, 0.29) is 28.9 Å². The Hall–Kier alpha value is -3.42. The van der Waals surface area contributed by atoms with Crippen LogP contribution < -0.4 is 10.6 Å². The van der Waals surface area contributed by atoms with Gasteiger partial charge >= 0.3 is 5.97 Å². The number of anilines is 2. The van der Waals surface area contributed by atoms with Gasteiger partial charge in [0, 0.05) is 17.8 Å². The van der Waals surface area contributed by atoms with Gasteiger partial charge in [-0.15, -0.1) is 0 Å². The molecule has 0 aromatic heterocycles. The maximum atomic E-state index is 12.2. The van der Waals surface area contributed by atoms with Gasteiger partial charge in [-0.05, 0) is 37.1 Å². The van der Waals surface area contributed by atoms with Crippen LogP contribution in [0, 0.1) is 16.0 Å². The third-order valence-electron chi connectivity index (χ3n) is 4.21. The Morgan fingerprint density at radius 3 is 2.39 bits per heavy atom. The number of amides is 1. The fourth-order valence-electron chi connectivity index (χ4n) is 2.27. The van der Waals surface area contributed by atoms with E-state index in [1.54, 1.807) is 24.3 Å². The lowest BCUT2D eigenvalue weighted by Crippen LogP contribution is -2.38. The Kier molecular flexibility index (Phi) is 7.08. The molecule has 1 amide bonds. The molecule has 0 radical (unpaired) electrons. The average Bonchev–Trinajstić information content (AvgIpc) is 2.66. The summed E-state index contributed by atoms with van der Waals surface area (Å²) >= 11 is 0. The van der Waals surface area contributed by atoms with Crippen molar-refractivity contribution in [1.29, 1.82) is 0 Å². The number of ether oxygens (including phenoxy) is 1. The molecule has 0 unspecified atom stereocenters. The van der Waals surface area contributed by atoms with Crippen LogP contribution in [0.4, 0.5) is 17.1 Å². The van der Waals surface area contributed by atoms with Crippen LogP contribution >= 0.6 is 0 Å². The summed E-state index contributed by atoms with van der Waals surface area (Å²) in [5.74, 6) is -0.986. The molecule has 0 saturated carbocycles. The average molecular weight is 385 g/mol. The number of carbonyl (C=O) groups is 2. The molecule has 0 spiro atoms. The number of nitro groups is 1. The number of hydrogen-bond acceptors (Lipinski definition) is 6. The van der Waals surface area contributed by atoms with E-state index in [9.17, 15) is 19.7 Å². The number of nitro benzene ring substituents is 1. The van der Waals surface area contributed by atoms with Gasteiger partial charge < -0.3 is 15.4 Å². The van der Waals surface area contributed by atoms with Gasteiger partial charge in [0.05, 0.1) is 10.5 Å². The highest BCUT2D eigenvalue weighted by Gasteiger charge is 2.20. The predicted octanol–water partition coefficient (Wildman–Crippen LogP) is 3.66. The van der Waals surface area contributed by atoms with Crippen molar-refractivity contribution < 1.29 is 19.2 Å². The Morgan fingerprint density at radius 1 is 1.11 bits per heavy atom. The van der Waals surface area contributed by atoms with Crippen molar-refractivity contribution in [3.63, 3.8) is 0 Å². The van der Waals surface area contributed by atoms with Crippen LogP contribution in [0.3, 0.4) is 0 Å². The van der Waals surface area contributed by atoms with Crippen molar-refractivity contribution in [1.82, 2.24) is 5.32 Å². The molecule has 8 nitrogen and oxygen atoms in total. The molecular formula is C20H23N3O5. The number of carbonyl (C=O) groups excluding carboxylic acids is 2. The number of nitrogens with zero attached hydrogens (tertiary/aromatic N) is 1. The zero-order chi connectivity index (χ0) is 20.7. The van der Waals surface area contributed by atoms with Crippen molar-refractivity contribution >= 4 is 28.9 Å². The zero-order valence-electron chi connectivity index (χ0n) is 16.0. The molecule has 8 heteroatoms. The van der Waals surface area contributed by atoms with Gasteiger partial charge in [0.1, 0.15) is 5.69 Å². The standard InChI is InChI=1S/C20H23N3O5/c1-13(2)14(3)21-19(24)12-28-20(25)15-9-10-17(18(11-15)23(26)27)22-16-7-5-4-6-8-16/h4-11,13-14,22H,12H2,1-3H3,(H,21,24)/t14-/m0/s1. The van der Waals surface area contributed by atoms with Gasteiger partial charge in [0.15, 0.2) is 6.61 Å². The fraction of sp³-hybridized carbons (Fsp3) is 0.300. The topological polar surface area (TPSA) is 111 Å². The van der Waals surface area contributed by atoms with Crippen LogP contribution in [-0.2, 0) is 9.53 Å². The molecule has 2 rings (SSSR count). The number of rotatable bonds is 8. The number of benzene rings is 2. The van der Waals surface area contributed by atoms with Crippen molar-refractivity contribution in [2.24, 2.45) is 5.92 Å². The number of hydrogen-bond donors (Lipinski definition) is 2. The SMILES string of the molecule is CC(C)[C@H](C)NC(=O)COC(=O)c1ccc(Nc2ccccc2)c([N+](=O)[O-])c1. The smallest absolute Gasteiger partial charge is 0.338 e. The summed E-state index contributed by atoms with van der Waals surface area (Å²) in [5.41, 5.74) is 0.652. The minimum atomic E-state index is -0.804. The fourth-order valence-corrected chi connectivity index (χ4v) is 2.27. The lowest BCUT2D eigenvalue weighted by Gasteiger charge is -2.17. The number of para-hydroxylation sites is 1. The largest absolute Gasteiger partial charge is 0.452 e. The molecule has 148 valence electrons. The summed E-state index contributed by atoms with van der Waals surface area (Å²) in [6.07, 6.45) is 0. The molecule has 0 aliphatic rings. The third kappa shape index (κ3) is 5.80. The van der Waals surface area contributed by atoms with E-state index < -0.39 is 23.4 Å². The maximum absolute atomic E-state index is 12.2. The second kappa shape index (κ2) is 9.50. The van der Waals surface area contributed by atoms with Gasteiger partial charge in [-0.25, -0.2) is 4.79 Å². The Bertz CT molecular complexity index is 852. The molecule has 0 aliphatic heterocycles. The molecule has 0 aliphatic carbocycles. The molecular weight excluding hydrogens is 362 g/mol. The zero-order valence-corrected chi connectivity index (χ0v) is 16.0. The highest BCUT2D eigenvalue weighted by atomic mass is 16.6. The van der Waals surface area contributed by atoms with E-state index in [2.05, 4.69) is 10.6 Å². The first-order chi connectivity index (χ1) is 13.3. The van der Waals surface area contributed by atoms with Crippen LogP contribution in [0.25, 0.3) is 0 Å². The van der Waals surface area contributed by atoms with Crippen molar-refractivity contribution in [2.75, 3.05) is 11.9 Å². The summed E-state index contributed by atoms with van der Waals surface area (Å²) in [4.78, 5) is 34.8. The monoisotopic (exact) mass is 385 g/mol. The first-order valence-electron chi connectivity index (χ1n) is 8.85. The van der Waals surface area contributed by atoms with Crippen LogP contribution in [0.15, 0.2) is 48.5 Å². The van der Waals surface area contributed by atoms with E-state index >= 15 is 0 Å². The minimum Gasteiger partial charge on any atom is -0.452 e. The van der Waals surface area contributed by atoms with E-state index in [1.807, 2.05) is 26.8 Å². The summed E-state index contributed by atoms with van der Waals surface area (Å²) in [6.45, 7) is 5.32. The van der Waals surface area contributed by atoms with E-state index in [0.29, 0.717) is 5.69 Å². The predicted molar refractivity (Wildman–Crippen MR) is 106 cm³/mol. The number of nitrogens with one attached hydrogen (secondary N) is 2. The van der Waals surface area contributed by atoms with Gasteiger partial charge in [-0.2, -0.15) is 0 Å². The van der Waals surface area contributed by atoms with Crippen LogP contribution in [0.2, 0.25) is 0 Å². The summed E-state index contributed by atoms with van der Waals surface area (Å²) < 4.78 is 4.97. The van der Waals surface area contributed by atoms with Gasteiger partial charge in [0.25, 0.3) is 11.6 Å². The first-order valence-corrected chi connectivity index (χ1v) is 8.85. The lowest BCUT2D eigenvalue weighted by molar-refractivity contribution is -0.383. The van der Waals surface area contributed by atoms with Crippen LogP contribution in [-0.4, -0.2) is 29.4 Å². The Morgan fingerprint density at radius 2 is 1.79 bits per heavy atom. The highest BCUT2D eigenvalue weighted by molar-refractivity contribution is 5.93. The molecule has 0 saturated heterocycles. The quantitative estimate of drug-likeness (QED) is 0.408. The van der Waals surface area contributed by atoms with Crippen molar-refractivity contribution in [3.8, 4) is 0 Å². The lowest BCUT2D eigenvalue weighted by atomic mass is 10.1. The van der Waals surface area contributed by atoms with Gasteiger partial charge in [-0.1, -0.05) is 32.0 Å². The number of esters is 1. The van der Waals surface area contributed by atoms with E-state index in [1.165, 1.54) is 12.1 Å². The van der Waals surface area contributed by atoms with Gasteiger partial charge in [0.2, 0.25) is 0 Å². The third-order valence-corrected chi connectivity index (χ3v) is 4.21. The molecule has 28 heavy (non-hydrogen) atoms. The van der Waals surface area contributed by atoms with Crippen LogP contribution in [0.1, 0.15) is 31.1 Å². The summed E-state index contributed by atoms with van der Waals surface area (Å²) in [6, 6.07) is 12.9. The highest BCUT2D eigenvalue weighted by Crippen LogP contribution is 2.28. The summed E-state index contributed by atoms with van der Waals surface area (Å²) in [7, 11) is 0. The molecule has 0 heterocycles. The van der Waals surface area contributed by atoms with E-state index in [0.717, 1.165) is 6.07 Å². The molecule has 2 aromatic carbocycles. The van der Waals surface area contributed by atoms with Crippen molar-refractivity contribution in [3.05, 3.63) is 64.2 Å². The first kappa shape index (κ1) is 20.9. The molecule has 0 fully saturated rings. The minimum absolute atomic E-state index is 0.00461. The van der Waals surface area contributed by atoms with Crippen molar-refractivity contribution in [2.45, 2.75) is 26.8 Å². The molecule has 2 aromatic rings.